The lowest BCUT2D eigenvalue weighted by Crippen LogP contribution is -3.00. The number of nitrogens with zero attached hydrogens (tertiary/aromatic N) is 2. The van der Waals surface area contributed by atoms with Gasteiger partial charge in [-0.2, -0.15) is 0 Å². The summed E-state index contributed by atoms with van der Waals surface area (Å²) >= 11 is 0. The first kappa shape index (κ1) is 16.8. The molecule has 0 atom stereocenters. The molecule has 2 aromatic carbocycles. The highest BCUT2D eigenvalue weighted by Gasteiger charge is 2.41. The maximum Gasteiger partial charge on any atom is 0.256 e. The molecule has 0 spiro atoms. The van der Waals surface area contributed by atoms with E-state index in [-0.39, 0.29) is 35.5 Å². The average molecular weight is 432 g/mol. The Hall–Kier alpha value is -2.02. The maximum atomic E-state index is 13.0. The number of carbonyl (C=O) groups is 2. The van der Waals surface area contributed by atoms with Crippen LogP contribution in [0.5, 0.6) is 0 Å². The molecule has 24 heavy (non-hydrogen) atoms. The molecule has 0 saturated carbocycles. The fraction of sp³-hybridized carbons (Fsp3) is 0.211. The van der Waals surface area contributed by atoms with E-state index in [1.165, 1.54) is 0 Å². The highest BCUT2D eigenvalue weighted by molar-refractivity contribution is 6.27. The molecule has 1 aliphatic carbocycles. The number of hydrogen-bond acceptors (Lipinski definition) is 2. The number of fused-ring (bicyclic) bond motifs is 3. The largest absolute Gasteiger partial charge is 1.00 e. The van der Waals surface area contributed by atoms with Crippen molar-refractivity contribution in [3.05, 3.63) is 64.7 Å². The quantitative estimate of drug-likeness (QED) is 0.296. The number of aromatic nitrogens is 2. The Morgan fingerprint density at radius 3 is 2.08 bits per heavy atom. The smallest absolute Gasteiger partial charge is 0.256 e. The summed E-state index contributed by atoms with van der Waals surface area (Å²) in [5, 5.41) is 1.95. The second-order valence-corrected chi connectivity index (χ2v) is 5.99. The first-order valence-corrected chi connectivity index (χ1v) is 7.74. The Kier molecular flexibility index (Phi) is 4.07. The van der Waals surface area contributed by atoms with E-state index in [4.69, 9.17) is 0 Å². The van der Waals surface area contributed by atoms with Crippen LogP contribution in [0.1, 0.15) is 44.9 Å². The summed E-state index contributed by atoms with van der Waals surface area (Å²) in [5.41, 5.74) is 2.00. The van der Waals surface area contributed by atoms with Crippen LogP contribution in [0.15, 0.2) is 36.4 Å². The number of rotatable bonds is 1. The van der Waals surface area contributed by atoms with Crippen molar-refractivity contribution in [3.8, 4) is 0 Å². The normalized spacial score (nSPS) is 12.8. The second-order valence-electron chi connectivity index (χ2n) is 5.99. The fourth-order valence-electron chi connectivity index (χ4n) is 3.67. The summed E-state index contributed by atoms with van der Waals surface area (Å²) in [6, 6.07) is 11.5. The van der Waals surface area contributed by atoms with Crippen molar-refractivity contribution < 1.29 is 38.1 Å². The first-order chi connectivity index (χ1) is 11.0. The van der Waals surface area contributed by atoms with Gasteiger partial charge in [0.05, 0.1) is 14.1 Å². The number of imidazole rings is 1. The molecular weight excluding hydrogens is 415 g/mol. The predicted octanol–water partition coefficient (Wildman–Crippen LogP) is -0.655. The average Bonchev–Trinajstić information content (AvgIpc) is 2.82. The molecule has 1 aromatic heterocycles. The van der Waals surface area contributed by atoms with Crippen molar-refractivity contribution >= 4 is 22.3 Å². The van der Waals surface area contributed by atoms with Gasteiger partial charge < -0.3 is 24.0 Å². The van der Waals surface area contributed by atoms with Gasteiger partial charge in [-0.25, -0.2) is 9.13 Å². The molecule has 0 amide bonds. The molecule has 0 N–H and O–H groups in total. The van der Waals surface area contributed by atoms with E-state index >= 15 is 0 Å². The Labute approximate surface area is 157 Å². The van der Waals surface area contributed by atoms with Crippen LogP contribution in [0.2, 0.25) is 0 Å². The van der Waals surface area contributed by atoms with Gasteiger partial charge in [-0.05, 0) is 22.9 Å². The molecular formula is C19H17IN2O2. The lowest BCUT2D eigenvalue weighted by molar-refractivity contribution is -0.680. The van der Waals surface area contributed by atoms with Crippen LogP contribution in [-0.2, 0) is 20.5 Å². The zero-order valence-electron chi connectivity index (χ0n) is 13.8. The van der Waals surface area contributed by atoms with Crippen LogP contribution >= 0.6 is 0 Å². The number of hydrogen-bond donors (Lipinski definition) is 0. The van der Waals surface area contributed by atoms with Gasteiger partial charge in [0, 0.05) is 17.5 Å². The molecule has 0 saturated heterocycles. The van der Waals surface area contributed by atoms with Gasteiger partial charge in [-0.15, -0.1) is 0 Å². The van der Waals surface area contributed by atoms with Crippen molar-refractivity contribution in [2.45, 2.75) is 13.3 Å². The van der Waals surface area contributed by atoms with E-state index in [0.717, 1.165) is 23.0 Å². The number of carbonyl (C=O) groups excluding carboxylic acids is 2. The molecule has 0 bridgehead atoms. The third-order valence-corrected chi connectivity index (χ3v) is 4.79. The van der Waals surface area contributed by atoms with Crippen LogP contribution in [0, 0.1) is 0 Å². The van der Waals surface area contributed by atoms with E-state index < -0.39 is 0 Å². The van der Waals surface area contributed by atoms with Crippen molar-refractivity contribution in [2.75, 3.05) is 0 Å². The molecule has 0 radical (unpaired) electrons. The zero-order valence-corrected chi connectivity index (χ0v) is 15.9. The number of halogens is 1. The van der Waals surface area contributed by atoms with Crippen molar-refractivity contribution in [1.82, 2.24) is 4.57 Å². The lowest BCUT2D eigenvalue weighted by atomic mass is 9.87. The predicted molar refractivity (Wildman–Crippen MR) is 86.8 cm³/mol. The van der Waals surface area contributed by atoms with Crippen LogP contribution in [-0.4, -0.2) is 16.1 Å². The molecule has 0 aliphatic heterocycles. The monoisotopic (exact) mass is 432 g/mol. The summed E-state index contributed by atoms with van der Waals surface area (Å²) in [7, 11) is 3.71. The molecule has 1 heterocycles. The molecule has 0 unspecified atom stereocenters. The standard InChI is InChI=1S/C19H17N2O2.HI/c1-4-15-20(2)16-17(21(15)3)19(23)14-10-12-8-6-5-7-11(12)9-13(14)18(16)22;/h5-10H,4H2,1-3H3;1H/q+1;/p-1. The molecule has 1 aliphatic rings. The summed E-state index contributed by atoms with van der Waals surface area (Å²) in [4.78, 5) is 26.0. The summed E-state index contributed by atoms with van der Waals surface area (Å²) in [6.45, 7) is 2.02. The van der Waals surface area contributed by atoms with E-state index in [0.29, 0.717) is 22.5 Å². The maximum absolute atomic E-state index is 13.0. The van der Waals surface area contributed by atoms with E-state index in [9.17, 15) is 9.59 Å². The highest BCUT2D eigenvalue weighted by atomic mass is 127. The van der Waals surface area contributed by atoms with Gasteiger partial charge in [0.2, 0.25) is 23.0 Å². The van der Waals surface area contributed by atoms with Gasteiger partial charge in [-0.3, -0.25) is 9.59 Å². The topological polar surface area (TPSA) is 43.0 Å². The number of benzene rings is 2. The Bertz CT molecular complexity index is 940. The molecule has 4 nitrogen and oxygen atoms in total. The molecule has 4 rings (SSSR count). The SMILES string of the molecule is CCc1n(C)c2c([n+]1C)C(=O)c1cc3ccccc3cc1C2=O.[I-]. The molecule has 3 aromatic rings. The summed E-state index contributed by atoms with van der Waals surface area (Å²) in [5.74, 6) is 0.824. The van der Waals surface area contributed by atoms with Gasteiger partial charge in [-0.1, -0.05) is 31.2 Å². The third kappa shape index (κ3) is 2.07. The van der Waals surface area contributed by atoms with Crippen LogP contribution < -0.4 is 28.5 Å². The Balaban J connectivity index is 0.00000169. The van der Waals surface area contributed by atoms with Crippen LogP contribution in [0.4, 0.5) is 0 Å². The fourth-order valence-corrected chi connectivity index (χ4v) is 3.67. The minimum atomic E-state index is -0.0712. The van der Waals surface area contributed by atoms with E-state index in [2.05, 4.69) is 0 Å². The van der Waals surface area contributed by atoms with E-state index in [1.54, 1.807) is 0 Å². The summed E-state index contributed by atoms with van der Waals surface area (Å²) in [6.07, 6.45) is 0.763. The molecule has 5 heteroatoms. The van der Waals surface area contributed by atoms with E-state index in [1.807, 2.05) is 66.6 Å². The number of ketones is 2. The minimum absolute atomic E-state index is 0. The van der Waals surface area contributed by atoms with Crippen LogP contribution in [0.3, 0.4) is 0 Å². The first-order valence-electron chi connectivity index (χ1n) is 7.74. The van der Waals surface area contributed by atoms with Crippen LogP contribution in [0.25, 0.3) is 10.8 Å². The highest BCUT2D eigenvalue weighted by Crippen LogP contribution is 2.30. The van der Waals surface area contributed by atoms with Gasteiger partial charge in [0.1, 0.15) is 0 Å². The third-order valence-electron chi connectivity index (χ3n) is 4.79. The minimum Gasteiger partial charge on any atom is -1.00 e. The van der Waals surface area contributed by atoms with Crippen molar-refractivity contribution in [1.29, 1.82) is 0 Å². The Morgan fingerprint density at radius 1 is 1.00 bits per heavy atom. The molecule has 0 fully saturated rings. The zero-order chi connectivity index (χ0) is 16.3. The van der Waals surface area contributed by atoms with Crippen molar-refractivity contribution in [2.24, 2.45) is 14.1 Å². The second kappa shape index (κ2) is 5.81. The van der Waals surface area contributed by atoms with Crippen molar-refractivity contribution in [3.63, 3.8) is 0 Å². The van der Waals surface area contributed by atoms with Gasteiger partial charge >= 0.3 is 0 Å². The lowest BCUT2D eigenvalue weighted by Gasteiger charge is -2.13. The molecule has 122 valence electrons. The van der Waals surface area contributed by atoms with Gasteiger partial charge in [0.25, 0.3) is 5.82 Å². The summed E-state index contributed by atoms with van der Waals surface area (Å²) < 4.78 is 3.71. The van der Waals surface area contributed by atoms with Gasteiger partial charge in [0.15, 0.2) is 0 Å². The Morgan fingerprint density at radius 2 is 1.54 bits per heavy atom.